The van der Waals surface area contributed by atoms with Crippen LogP contribution in [0, 0.1) is 11.8 Å². The van der Waals surface area contributed by atoms with Crippen molar-refractivity contribution in [1.82, 2.24) is 0 Å². The Balaban J connectivity index is 2.41. The number of carbonyl (C=O) groups is 2. The highest BCUT2D eigenvalue weighted by molar-refractivity contribution is 7.47. The Hall–Kier alpha value is -2.15. The molecule has 0 amide bonds. The van der Waals surface area contributed by atoms with Gasteiger partial charge in [0.25, 0.3) is 0 Å². The average molecular weight is 842 g/mol. The lowest BCUT2D eigenvalue weighted by Gasteiger charge is -2.20. The number of rotatable bonds is 37. The van der Waals surface area contributed by atoms with E-state index in [9.17, 15) is 34.4 Å². The van der Waals surface area contributed by atoms with E-state index >= 15 is 0 Å². The highest BCUT2D eigenvalue weighted by atomic mass is 31.2. The van der Waals surface area contributed by atoms with E-state index in [4.69, 9.17) is 24.3 Å². The normalized spacial score (nSPS) is 20.7. The number of hydrogen-bond acceptors (Lipinski definition) is 11. The number of aliphatic hydroxyl groups excluding tert-OH is 3. The van der Waals surface area contributed by atoms with E-state index in [1.54, 1.807) is 24.3 Å². The summed E-state index contributed by atoms with van der Waals surface area (Å²) in [5.74, 6) is -1.74. The van der Waals surface area contributed by atoms with Gasteiger partial charge >= 0.3 is 19.8 Å². The first-order valence-electron chi connectivity index (χ1n) is 22.4. The van der Waals surface area contributed by atoms with Gasteiger partial charge in [-0.3, -0.25) is 18.6 Å². The number of nitrogens with two attached hydrogens (primary N) is 1. The van der Waals surface area contributed by atoms with E-state index in [-0.39, 0.29) is 50.9 Å². The molecule has 0 aromatic carbocycles. The first kappa shape index (κ1) is 53.9. The molecule has 58 heavy (non-hydrogen) atoms. The molecule has 6 N–H and O–H groups in total. The van der Waals surface area contributed by atoms with Crippen LogP contribution in [-0.2, 0) is 32.7 Å². The van der Waals surface area contributed by atoms with Gasteiger partial charge in [0, 0.05) is 25.3 Å². The number of phosphoric acid groups is 1. The van der Waals surface area contributed by atoms with Crippen LogP contribution in [0.15, 0.2) is 48.6 Å². The molecule has 1 saturated carbocycles. The van der Waals surface area contributed by atoms with E-state index in [1.807, 2.05) is 0 Å². The summed E-state index contributed by atoms with van der Waals surface area (Å²) in [6.07, 6.45) is 34.1. The maximum absolute atomic E-state index is 12.7. The molecule has 0 heterocycles. The van der Waals surface area contributed by atoms with Gasteiger partial charge in [0.1, 0.15) is 6.61 Å². The number of aliphatic hydroxyl groups is 3. The Bertz CT molecular complexity index is 1210. The van der Waals surface area contributed by atoms with E-state index < -0.39 is 50.8 Å². The molecule has 0 aromatic heterocycles. The average Bonchev–Trinajstić information content (AvgIpc) is 3.47. The fourth-order valence-corrected chi connectivity index (χ4v) is 7.64. The molecule has 1 aliphatic rings. The summed E-state index contributed by atoms with van der Waals surface area (Å²) in [7, 11) is -4.46. The molecule has 13 heteroatoms. The highest BCUT2D eigenvalue weighted by Gasteiger charge is 2.39. The molecular formula is C45H80NO11P. The number of hydrogen-bond donors (Lipinski definition) is 5. The third-order valence-electron chi connectivity index (χ3n) is 10.3. The Kier molecular flexibility index (Phi) is 33.1. The minimum atomic E-state index is -4.46. The van der Waals surface area contributed by atoms with Crippen molar-refractivity contribution in [3.05, 3.63) is 48.6 Å². The fourth-order valence-electron chi connectivity index (χ4n) is 6.87. The number of phosphoric ester groups is 1. The van der Waals surface area contributed by atoms with Crippen LogP contribution in [0.1, 0.15) is 162 Å². The van der Waals surface area contributed by atoms with Crippen LogP contribution in [0.4, 0.5) is 0 Å². The van der Waals surface area contributed by atoms with E-state index in [0.29, 0.717) is 19.3 Å². The second kappa shape index (κ2) is 35.6. The quantitative estimate of drug-likeness (QED) is 0.0173. The molecule has 0 aliphatic heterocycles. The van der Waals surface area contributed by atoms with Gasteiger partial charge in [-0.1, -0.05) is 140 Å². The molecule has 0 radical (unpaired) electrons. The number of esters is 2. The highest BCUT2D eigenvalue weighted by Crippen LogP contribution is 2.43. The zero-order chi connectivity index (χ0) is 42.7. The first-order chi connectivity index (χ1) is 28.0. The van der Waals surface area contributed by atoms with Gasteiger partial charge in [0.2, 0.25) is 0 Å². The molecule has 0 aromatic rings. The van der Waals surface area contributed by atoms with Crippen molar-refractivity contribution in [3.63, 3.8) is 0 Å². The molecule has 0 bridgehead atoms. The number of allylic oxidation sites excluding steroid dienone is 5. The molecule has 1 rings (SSSR count). The minimum absolute atomic E-state index is 0.00687. The largest absolute Gasteiger partial charge is 0.472 e. The summed E-state index contributed by atoms with van der Waals surface area (Å²) in [5.41, 5.74) is 5.34. The van der Waals surface area contributed by atoms with Gasteiger partial charge in [0.05, 0.1) is 37.9 Å². The molecule has 12 nitrogen and oxygen atoms in total. The Labute approximate surface area is 350 Å². The molecule has 336 valence electrons. The lowest BCUT2D eigenvalue weighted by Crippen LogP contribution is -2.29. The number of unbranched alkanes of at least 4 members (excludes halogenated alkanes) is 14. The second-order valence-electron chi connectivity index (χ2n) is 15.5. The van der Waals surface area contributed by atoms with E-state index in [1.165, 1.54) is 57.8 Å². The Morgan fingerprint density at radius 2 is 1.38 bits per heavy atom. The molecule has 1 fully saturated rings. The van der Waals surface area contributed by atoms with Gasteiger partial charge < -0.3 is 35.4 Å². The van der Waals surface area contributed by atoms with Crippen molar-refractivity contribution >= 4 is 19.8 Å². The molecule has 1 aliphatic carbocycles. The van der Waals surface area contributed by atoms with Crippen molar-refractivity contribution in [2.75, 3.05) is 26.4 Å². The third-order valence-corrected chi connectivity index (χ3v) is 11.3. The maximum Gasteiger partial charge on any atom is 0.472 e. The predicted molar refractivity (Wildman–Crippen MR) is 231 cm³/mol. The van der Waals surface area contributed by atoms with Crippen LogP contribution in [0.5, 0.6) is 0 Å². The summed E-state index contributed by atoms with van der Waals surface area (Å²) >= 11 is 0. The van der Waals surface area contributed by atoms with Crippen molar-refractivity contribution in [2.45, 2.75) is 186 Å². The second-order valence-corrected chi connectivity index (χ2v) is 17.0. The van der Waals surface area contributed by atoms with E-state index in [2.05, 4.69) is 38.2 Å². The maximum atomic E-state index is 12.7. The van der Waals surface area contributed by atoms with Crippen LogP contribution < -0.4 is 5.73 Å². The SMILES string of the molecule is CCCCC/C=C\C/C=C\CCCCCCCCCCCC(=O)O[C@H](COC(=O)C/C=C\C[C@H]1[C@@H](/C=C/[C@H](O)CCCCC)[C@H](O)C[C@@H]1O)COP(=O)(O)OCCN. The fraction of sp³-hybridized carbons (Fsp3) is 0.778. The van der Waals surface area contributed by atoms with Gasteiger partial charge in [0.15, 0.2) is 6.10 Å². The van der Waals surface area contributed by atoms with Crippen LogP contribution in [0.2, 0.25) is 0 Å². The topological polar surface area (TPSA) is 195 Å². The van der Waals surface area contributed by atoms with Gasteiger partial charge in [-0.25, -0.2) is 4.57 Å². The van der Waals surface area contributed by atoms with Crippen LogP contribution >= 0.6 is 7.82 Å². The number of carbonyl (C=O) groups excluding carboxylic acids is 2. The predicted octanol–water partition coefficient (Wildman–Crippen LogP) is 9.10. The molecule has 1 unspecified atom stereocenters. The third kappa shape index (κ3) is 29.1. The van der Waals surface area contributed by atoms with Crippen LogP contribution in [0.25, 0.3) is 0 Å². The van der Waals surface area contributed by atoms with Gasteiger partial charge in [-0.2, -0.15) is 0 Å². The molecule has 0 spiro atoms. The summed E-state index contributed by atoms with van der Waals surface area (Å²) in [6.45, 7) is 3.22. The molecular weight excluding hydrogens is 761 g/mol. The summed E-state index contributed by atoms with van der Waals surface area (Å²) in [6, 6.07) is 0. The van der Waals surface area contributed by atoms with Crippen molar-refractivity contribution in [1.29, 1.82) is 0 Å². The zero-order valence-corrected chi connectivity index (χ0v) is 36.7. The Morgan fingerprint density at radius 3 is 2.03 bits per heavy atom. The summed E-state index contributed by atoms with van der Waals surface area (Å²) in [5, 5.41) is 31.3. The Morgan fingerprint density at radius 1 is 0.759 bits per heavy atom. The molecule has 0 saturated heterocycles. The van der Waals surface area contributed by atoms with Crippen molar-refractivity contribution < 1.29 is 52.9 Å². The van der Waals surface area contributed by atoms with Crippen molar-refractivity contribution in [2.24, 2.45) is 17.6 Å². The van der Waals surface area contributed by atoms with Gasteiger partial charge in [-0.15, -0.1) is 0 Å². The van der Waals surface area contributed by atoms with Gasteiger partial charge in [-0.05, 0) is 57.3 Å². The zero-order valence-electron chi connectivity index (χ0n) is 35.8. The van der Waals surface area contributed by atoms with Crippen LogP contribution in [-0.4, -0.2) is 82.9 Å². The standard InChI is InChI=1S/C45H80NO11P/c1-3-5-7-8-9-10-11-12-13-14-15-16-17-18-19-20-21-22-24-30-45(51)57-39(37-56-58(52,53)55-34-33-46)36-54-44(50)29-26-25-28-40-41(43(49)35-42(40)48)32-31-38(47)27-23-6-4-2/h9-10,12-13,25-26,31-32,38-43,47-49H,3-8,11,14-24,27-30,33-37,46H2,1-2H3,(H,52,53)/b10-9-,13-12-,26-25-,32-31+/t38-,39-,40+,41-,42+,43-/m1/s1. The van der Waals surface area contributed by atoms with E-state index in [0.717, 1.165) is 51.4 Å². The minimum Gasteiger partial charge on any atom is -0.461 e. The van der Waals surface area contributed by atoms with Crippen molar-refractivity contribution in [3.8, 4) is 0 Å². The summed E-state index contributed by atoms with van der Waals surface area (Å²) < 4.78 is 32.7. The lowest BCUT2D eigenvalue weighted by molar-refractivity contribution is -0.160. The smallest absolute Gasteiger partial charge is 0.461 e. The lowest BCUT2D eigenvalue weighted by atomic mass is 9.89. The van der Waals surface area contributed by atoms with Crippen LogP contribution in [0.3, 0.4) is 0 Å². The summed E-state index contributed by atoms with van der Waals surface area (Å²) in [4.78, 5) is 35.1. The monoisotopic (exact) mass is 842 g/mol. The number of ether oxygens (including phenoxy) is 2. The molecule has 7 atom stereocenters. The first-order valence-corrected chi connectivity index (χ1v) is 23.9.